The molecule has 1 N–H and O–H groups in total. The minimum atomic E-state index is -3.17. The number of H-pyrrole nitrogens is 1. The fourth-order valence-corrected chi connectivity index (χ4v) is 6.55. The second-order valence-corrected chi connectivity index (χ2v) is 10.4. The van der Waals surface area contributed by atoms with Crippen LogP contribution in [0.4, 0.5) is 0 Å². The maximum Gasteiger partial charge on any atom is 0.175 e. The Morgan fingerprint density at radius 2 is 2.12 bits per heavy atom. The Hall–Kier alpha value is -1.33. The predicted molar refractivity (Wildman–Crippen MR) is 99.7 cm³/mol. The molecule has 134 valence electrons. The molecule has 6 rings (SSSR count). The summed E-state index contributed by atoms with van der Waals surface area (Å²) in [6.45, 7) is 4.70. The van der Waals surface area contributed by atoms with E-state index >= 15 is 0 Å². The molecule has 1 saturated carbocycles. The molecule has 1 aliphatic carbocycles. The Labute approximate surface area is 149 Å². The van der Waals surface area contributed by atoms with Crippen molar-refractivity contribution in [1.82, 2.24) is 9.88 Å². The van der Waals surface area contributed by atoms with E-state index in [-0.39, 0.29) is 0 Å². The molecule has 4 heterocycles. The number of benzene rings is 1. The second kappa shape index (κ2) is 5.34. The Kier molecular flexibility index (Phi) is 3.39. The van der Waals surface area contributed by atoms with Gasteiger partial charge in [0.25, 0.3) is 0 Å². The van der Waals surface area contributed by atoms with E-state index in [0.29, 0.717) is 16.9 Å². The summed E-state index contributed by atoms with van der Waals surface area (Å²) in [6, 6.07) is 6.25. The molecule has 1 aromatic heterocycles. The second-order valence-electron chi connectivity index (χ2n) is 8.34. The van der Waals surface area contributed by atoms with Crippen molar-refractivity contribution in [2.45, 2.75) is 49.5 Å². The molecule has 2 aromatic rings. The molecule has 1 aromatic carbocycles. The largest absolute Gasteiger partial charge is 0.358 e. The first-order chi connectivity index (χ1) is 12.0. The number of hydrogen-bond donors (Lipinski definition) is 1. The topological polar surface area (TPSA) is 53.2 Å². The lowest BCUT2D eigenvalue weighted by Gasteiger charge is -2.53. The number of fused-ring (bicyclic) bond motifs is 4. The molecule has 2 unspecified atom stereocenters. The number of nitrogens with zero attached hydrogens (tertiary/aromatic N) is 1. The average molecular weight is 359 g/mol. The number of nitrogens with one attached hydrogen (secondary N) is 1. The third kappa shape index (κ3) is 2.32. The summed E-state index contributed by atoms with van der Waals surface area (Å²) in [6.07, 6.45) is 6.27. The van der Waals surface area contributed by atoms with Crippen molar-refractivity contribution in [1.29, 1.82) is 0 Å². The number of piperidine rings is 2. The molecule has 4 aliphatic rings. The summed E-state index contributed by atoms with van der Waals surface area (Å²) < 4.78 is 24.0. The standard InChI is InChI=1S/C20H26N2O2S/c1-3-13-8-12-9-17-19-15(6-7-22(11-12)20(13)17)16-10-14(25(2,23)24)4-5-18(16)21-19/h4-5,10,12-13,17,20-21H,3,6-9,11H2,1-2H3/t12-,13-,17-,20?/m0/s1. The Morgan fingerprint density at radius 1 is 1.28 bits per heavy atom. The Morgan fingerprint density at radius 3 is 2.88 bits per heavy atom. The summed E-state index contributed by atoms with van der Waals surface area (Å²) in [4.78, 5) is 6.86. The molecule has 5 atom stereocenters. The number of aromatic nitrogens is 1. The van der Waals surface area contributed by atoms with E-state index in [1.165, 1.54) is 43.3 Å². The third-order valence-corrected chi connectivity index (χ3v) is 8.03. The molecule has 3 fully saturated rings. The van der Waals surface area contributed by atoms with Crippen LogP contribution in [0.25, 0.3) is 10.9 Å². The van der Waals surface area contributed by atoms with Crippen molar-refractivity contribution in [2.75, 3.05) is 19.3 Å². The zero-order valence-corrected chi connectivity index (χ0v) is 15.8. The number of aromatic amines is 1. The Balaban J connectivity index is 1.68. The molecule has 4 nitrogen and oxygen atoms in total. The van der Waals surface area contributed by atoms with E-state index in [1.807, 2.05) is 12.1 Å². The van der Waals surface area contributed by atoms with E-state index in [2.05, 4.69) is 16.8 Å². The molecule has 3 aliphatic heterocycles. The SMILES string of the molecule is CC[C@H]1C[C@H]2C[C@H]3c4[nH]c5ccc(S(C)(=O)=O)cc5c4CCN(C2)C13. The Bertz CT molecular complexity index is 946. The first-order valence-corrected chi connectivity index (χ1v) is 11.4. The van der Waals surface area contributed by atoms with Crippen molar-refractivity contribution < 1.29 is 8.42 Å². The first-order valence-electron chi connectivity index (χ1n) is 9.54. The van der Waals surface area contributed by atoms with E-state index < -0.39 is 9.84 Å². The van der Waals surface area contributed by atoms with Crippen LogP contribution in [0, 0.1) is 11.8 Å². The van der Waals surface area contributed by atoms with Gasteiger partial charge >= 0.3 is 0 Å². The highest BCUT2D eigenvalue weighted by Gasteiger charge is 2.48. The number of rotatable bonds is 2. The smallest absolute Gasteiger partial charge is 0.175 e. The van der Waals surface area contributed by atoms with E-state index in [0.717, 1.165) is 35.7 Å². The zero-order chi connectivity index (χ0) is 17.3. The summed E-state index contributed by atoms with van der Waals surface area (Å²) in [7, 11) is -3.17. The molecular weight excluding hydrogens is 332 g/mol. The molecule has 0 radical (unpaired) electrons. The van der Waals surface area contributed by atoms with E-state index in [4.69, 9.17) is 0 Å². The van der Waals surface area contributed by atoms with Gasteiger partial charge in [-0.2, -0.15) is 0 Å². The van der Waals surface area contributed by atoms with Crippen LogP contribution < -0.4 is 0 Å². The molecular formula is C20H26N2O2S. The quantitative estimate of drug-likeness (QED) is 0.896. The van der Waals surface area contributed by atoms with Gasteiger partial charge in [0.15, 0.2) is 9.84 Å². The van der Waals surface area contributed by atoms with Gasteiger partial charge in [0, 0.05) is 47.9 Å². The van der Waals surface area contributed by atoms with Gasteiger partial charge in [0.1, 0.15) is 0 Å². The van der Waals surface area contributed by atoms with E-state index in [9.17, 15) is 8.42 Å². The van der Waals surface area contributed by atoms with Gasteiger partial charge in [-0.3, -0.25) is 4.90 Å². The molecule has 0 spiro atoms. The predicted octanol–water partition coefficient (Wildman–Crippen LogP) is 3.33. The van der Waals surface area contributed by atoms with Crippen LogP contribution in [0.15, 0.2) is 23.1 Å². The van der Waals surface area contributed by atoms with Crippen LogP contribution >= 0.6 is 0 Å². The fourth-order valence-electron chi connectivity index (χ4n) is 5.90. The monoisotopic (exact) mass is 358 g/mol. The normalized spacial score (nSPS) is 34.1. The van der Waals surface area contributed by atoms with Crippen LogP contribution in [0.3, 0.4) is 0 Å². The van der Waals surface area contributed by atoms with Crippen molar-refractivity contribution in [3.05, 3.63) is 29.5 Å². The zero-order valence-electron chi connectivity index (χ0n) is 15.0. The van der Waals surface area contributed by atoms with Gasteiger partial charge in [-0.1, -0.05) is 13.3 Å². The minimum Gasteiger partial charge on any atom is -0.358 e. The lowest BCUT2D eigenvalue weighted by molar-refractivity contribution is -0.0134. The van der Waals surface area contributed by atoms with Gasteiger partial charge in [0.2, 0.25) is 0 Å². The van der Waals surface area contributed by atoms with Crippen molar-refractivity contribution >= 4 is 20.7 Å². The highest BCUT2D eigenvalue weighted by Crippen LogP contribution is 2.51. The maximum absolute atomic E-state index is 12.0. The van der Waals surface area contributed by atoms with Crippen molar-refractivity contribution in [3.8, 4) is 0 Å². The van der Waals surface area contributed by atoms with Gasteiger partial charge in [-0.15, -0.1) is 0 Å². The molecule has 4 bridgehead atoms. The van der Waals surface area contributed by atoms with Crippen LogP contribution in [0.5, 0.6) is 0 Å². The highest BCUT2D eigenvalue weighted by molar-refractivity contribution is 7.90. The molecule has 25 heavy (non-hydrogen) atoms. The highest BCUT2D eigenvalue weighted by atomic mass is 32.2. The van der Waals surface area contributed by atoms with Gasteiger partial charge in [0.05, 0.1) is 4.90 Å². The molecule has 2 saturated heterocycles. The average Bonchev–Trinajstić information content (AvgIpc) is 2.91. The number of sulfone groups is 1. The minimum absolute atomic E-state index is 0.433. The van der Waals surface area contributed by atoms with Crippen molar-refractivity contribution in [2.24, 2.45) is 11.8 Å². The molecule has 5 heteroatoms. The van der Waals surface area contributed by atoms with Crippen LogP contribution in [0.2, 0.25) is 0 Å². The van der Waals surface area contributed by atoms with Gasteiger partial charge in [-0.25, -0.2) is 8.42 Å². The maximum atomic E-state index is 12.0. The summed E-state index contributed by atoms with van der Waals surface area (Å²) in [5.41, 5.74) is 3.87. The number of hydrogen-bond acceptors (Lipinski definition) is 3. The lowest BCUT2D eigenvalue weighted by Crippen LogP contribution is -2.56. The van der Waals surface area contributed by atoms with Gasteiger partial charge in [-0.05, 0) is 54.9 Å². The van der Waals surface area contributed by atoms with E-state index in [1.54, 1.807) is 6.07 Å². The lowest BCUT2D eigenvalue weighted by atomic mass is 9.65. The first kappa shape index (κ1) is 15.9. The van der Waals surface area contributed by atoms with Crippen LogP contribution in [0.1, 0.15) is 43.4 Å². The van der Waals surface area contributed by atoms with Crippen LogP contribution in [-0.4, -0.2) is 43.7 Å². The molecule has 0 amide bonds. The van der Waals surface area contributed by atoms with Gasteiger partial charge < -0.3 is 4.98 Å². The van der Waals surface area contributed by atoms with Crippen molar-refractivity contribution in [3.63, 3.8) is 0 Å². The fraction of sp³-hybridized carbons (Fsp3) is 0.600. The summed E-state index contributed by atoms with van der Waals surface area (Å²) >= 11 is 0. The summed E-state index contributed by atoms with van der Waals surface area (Å²) in [5.74, 6) is 2.22. The van der Waals surface area contributed by atoms with Crippen LogP contribution in [-0.2, 0) is 16.3 Å². The summed E-state index contributed by atoms with van der Waals surface area (Å²) in [5, 5.41) is 1.12. The third-order valence-electron chi connectivity index (χ3n) is 6.92.